The van der Waals surface area contributed by atoms with Crippen LogP contribution < -0.4 is 16.0 Å². The number of halogens is 2. The number of hydrogen-bond donors (Lipinski definition) is 4. The first-order valence-electron chi connectivity index (χ1n) is 17.7. The van der Waals surface area contributed by atoms with Crippen molar-refractivity contribution in [3.63, 3.8) is 0 Å². The summed E-state index contributed by atoms with van der Waals surface area (Å²) in [6.45, 7) is 6.35. The molecule has 2 aromatic carbocycles. The third kappa shape index (κ3) is 12.5. The predicted octanol–water partition coefficient (Wildman–Crippen LogP) is 4.34. The number of thioether (sulfide) groups is 1. The van der Waals surface area contributed by atoms with Gasteiger partial charge in [0.15, 0.2) is 0 Å². The van der Waals surface area contributed by atoms with Crippen molar-refractivity contribution in [1.82, 2.24) is 30.3 Å². The summed E-state index contributed by atoms with van der Waals surface area (Å²) in [6, 6.07) is 14.0. The molecule has 2 heterocycles. The van der Waals surface area contributed by atoms with E-state index in [1.807, 2.05) is 55.7 Å². The maximum absolute atomic E-state index is 15.1. The second-order valence-corrected chi connectivity index (χ2v) is 15.0. The van der Waals surface area contributed by atoms with Crippen molar-refractivity contribution in [3.8, 4) is 11.1 Å². The smallest absolute Gasteiger partial charge is 0.404 e. The van der Waals surface area contributed by atoms with Gasteiger partial charge in [0.2, 0.25) is 17.7 Å². The van der Waals surface area contributed by atoms with Crippen LogP contribution in [0.4, 0.5) is 13.6 Å². The molecule has 1 aromatic heterocycles. The van der Waals surface area contributed by atoms with E-state index < -0.39 is 53.5 Å². The van der Waals surface area contributed by atoms with E-state index >= 15 is 4.39 Å². The molecule has 3 aromatic rings. The Labute approximate surface area is 322 Å². The third-order valence-corrected chi connectivity index (χ3v) is 9.56. The zero-order valence-corrected chi connectivity index (χ0v) is 31.8. The van der Waals surface area contributed by atoms with Crippen molar-refractivity contribution < 1.29 is 42.7 Å². The second-order valence-electron chi connectivity index (χ2n) is 13.9. The van der Waals surface area contributed by atoms with Gasteiger partial charge in [-0.25, -0.2) is 13.6 Å². The van der Waals surface area contributed by atoms with Crippen molar-refractivity contribution in [2.45, 2.75) is 46.2 Å². The number of amides is 6. The first-order valence-corrected chi connectivity index (χ1v) is 18.9. The lowest BCUT2D eigenvalue weighted by Crippen LogP contribution is -2.44. The quantitative estimate of drug-likeness (QED) is 0.103. The van der Waals surface area contributed by atoms with Gasteiger partial charge in [0.05, 0.1) is 11.8 Å². The van der Waals surface area contributed by atoms with Gasteiger partial charge < -0.3 is 30.5 Å². The monoisotopic (exact) mass is 780 g/mol. The fourth-order valence-electron chi connectivity index (χ4n) is 6.14. The van der Waals surface area contributed by atoms with Gasteiger partial charge in [0, 0.05) is 80.1 Å². The van der Waals surface area contributed by atoms with Crippen molar-refractivity contribution in [2.24, 2.45) is 5.41 Å². The van der Waals surface area contributed by atoms with E-state index in [-0.39, 0.29) is 55.7 Å². The molecule has 294 valence electrons. The molecule has 4 rings (SSSR count). The number of carbonyl (C=O) groups excluding carboxylic acids is 5. The lowest BCUT2D eigenvalue weighted by Gasteiger charge is -2.41. The van der Waals surface area contributed by atoms with Gasteiger partial charge in [0.25, 0.3) is 11.8 Å². The molecule has 1 atom stereocenters. The number of aromatic nitrogens is 1. The summed E-state index contributed by atoms with van der Waals surface area (Å²) in [6.07, 6.45) is 3.12. The molecule has 0 radical (unpaired) electrons. The van der Waals surface area contributed by atoms with Crippen molar-refractivity contribution in [3.05, 3.63) is 95.8 Å². The maximum atomic E-state index is 15.1. The Morgan fingerprint density at radius 1 is 0.891 bits per heavy atom. The van der Waals surface area contributed by atoms with Gasteiger partial charge in [-0.2, -0.15) is 11.8 Å². The minimum atomic E-state index is -1.19. The lowest BCUT2D eigenvalue weighted by atomic mass is 9.83. The summed E-state index contributed by atoms with van der Waals surface area (Å²) < 4.78 is 31.4. The van der Waals surface area contributed by atoms with E-state index in [0.717, 1.165) is 40.8 Å². The van der Waals surface area contributed by atoms with E-state index in [1.54, 1.807) is 17.2 Å². The molecule has 1 unspecified atom stereocenters. The van der Waals surface area contributed by atoms with Gasteiger partial charge in [0.1, 0.15) is 18.2 Å². The second kappa shape index (κ2) is 19.7. The van der Waals surface area contributed by atoms with E-state index in [0.29, 0.717) is 30.0 Å². The number of rotatable bonds is 19. The van der Waals surface area contributed by atoms with E-state index in [2.05, 4.69) is 16.0 Å². The average molecular weight is 781 g/mol. The SMILES string of the molecule is CC(C)(C)C(c1cc(-c2cc(F)ccc2F)cn1Cc1ccccc1)N(CCCNC(=O)O)C(=O)CSCCC(=O)NCCNC(=O)CN1C(=O)C=CC1=O. The molecule has 6 amide bonds. The highest BCUT2D eigenvalue weighted by Gasteiger charge is 2.37. The van der Waals surface area contributed by atoms with Crippen LogP contribution >= 0.6 is 11.8 Å². The summed E-state index contributed by atoms with van der Waals surface area (Å²) in [4.78, 5) is 75.6. The summed E-state index contributed by atoms with van der Waals surface area (Å²) in [7, 11) is 0. The van der Waals surface area contributed by atoms with Crippen LogP contribution in [0.25, 0.3) is 11.1 Å². The standard InChI is InChI=1S/C39H46F2N6O7S/c1-39(2,3)37(31-20-27(29-21-28(40)10-11-30(29)41)23-45(31)22-26-8-5-4-6-9-26)46(18-7-15-44-38(53)54)36(52)25-55-19-14-32(48)42-16-17-43-33(49)24-47-34(50)12-13-35(47)51/h4-6,8-13,20-21,23,37,44H,7,14-19,22,24-25H2,1-3H3,(H,42,48)(H,43,49)(H,53,54). The summed E-state index contributed by atoms with van der Waals surface area (Å²) in [5, 5.41) is 16.7. The maximum Gasteiger partial charge on any atom is 0.404 e. The Hall–Kier alpha value is -5.51. The molecule has 1 aliphatic rings. The highest BCUT2D eigenvalue weighted by molar-refractivity contribution is 7.99. The third-order valence-electron chi connectivity index (χ3n) is 8.62. The van der Waals surface area contributed by atoms with Crippen molar-refractivity contribution >= 4 is 47.4 Å². The Kier molecular flexibility index (Phi) is 15.1. The van der Waals surface area contributed by atoms with Crippen LogP contribution in [0.2, 0.25) is 0 Å². The van der Waals surface area contributed by atoms with E-state index in [1.165, 1.54) is 11.8 Å². The Morgan fingerprint density at radius 3 is 2.22 bits per heavy atom. The van der Waals surface area contributed by atoms with E-state index in [9.17, 15) is 33.2 Å². The number of carboxylic acid groups (broad SMARTS) is 1. The zero-order valence-electron chi connectivity index (χ0n) is 31.0. The minimum Gasteiger partial charge on any atom is -0.465 e. The largest absolute Gasteiger partial charge is 0.465 e. The fraction of sp³-hybridized carbons (Fsp3) is 0.385. The number of nitrogens with one attached hydrogen (secondary N) is 3. The topological polar surface area (TPSA) is 170 Å². The Bertz CT molecular complexity index is 1880. The van der Waals surface area contributed by atoms with Gasteiger partial charge in [-0.1, -0.05) is 51.1 Å². The molecule has 1 aliphatic heterocycles. The number of hydrogen-bond acceptors (Lipinski definition) is 7. The van der Waals surface area contributed by atoms with Crippen LogP contribution in [0, 0.1) is 17.0 Å². The predicted molar refractivity (Wildman–Crippen MR) is 204 cm³/mol. The molecule has 0 spiro atoms. The molecule has 0 saturated carbocycles. The molecule has 0 saturated heterocycles. The fourth-order valence-corrected chi connectivity index (χ4v) is 6.95. The number of benzene rings is 2. The van der Waals surface area contributed by atoms with Gasteiger partial charge in [-0.05, 0) is 41.7 Å². The first kappa shape index (κ1) is 42.2. The zero-order chi connectivity index (χ0) is 40.1. The molecule has 13 nitrogen and oxygen atoms in total. The van der Waals surface area contributed by atoms with E-state index in [4.69, 9.17) is 5.11 Å². The normalized spacial score (nSPS) is 13.1. The van der Waals surface area contributed by atoms with Crippen LogP contribution in [0.3, 0.4) is 0 Å². The molecule has 55 heavy (non-hydrogen) atoms. The molecular formula is C39H46F2N6O7S. The minimum absolute atomic E-state index is 0.00977. The summed E-state index contributed by atoms with van der Waals surface area (Å²) in [5.41, 5.74) is 1.56. The van der Waals surface area contributed by atoms with Crippen LogP contribution in [-0.2, 0) is 30.5 Å². The molecular weight excluding hydrogens is 735 g/mol. The number of nitrogens with zero attached hydrogens (tertiary/aromatic N) is 3. The number of carbonyl (C=O) groups is 6. The van der Waals surface area contributed by atoms with Crippen LogP contribution in [-0.4, -0.2) is 99.3 Å². The molecule has 0 aliphatic carbocycles. The van der Waals surface area contributed by atoms with Gasteiger partial charge >= 0.3 is 6.09 Å². The molecule has 0 bridgehead atoms. The number of imide groups is 1. The van der Waals surface area contributed by atoms with Gasteiger partial charge in [-0.15, -0.1) is 0 Å². The lowest BCUT2D eigenvalue weighted by molar-refractivity contribution is -0.141. The van der Waals surface area contributed by atoms with Crippen molar-refractivity contribution in [1.29, 1.82) is 0 Å². The summed E-state index contributed by atoms with van der Waals surface area (Å²) >= 11 is 1.26. The molecule has 4 N–H and O–H groups in total. The van der Waals surface area contributed by atoms with Crippen LogP contribution in [0.5, 0.6) is 0 Å². The highest BCUT2D eigenvalue weighted by atomic mass is 32.2. The first-order chi connectivity index (χ1) is 26.1. The highest BCUT2D eigenvalue weighted by Crippen LogP contribution is 2.41. The van der Waals surface area contributed by atoms with Crippen LogP contribution in [0.15, 0.2) is 72.9 Å². The molecule has 16 heteroatoms. The Morgan fingerprint density at radius 2 is 1.56 bits per heavy atom. The average Bonchev–Trinajstić information content (AvgIpc) is 3.68. The molecule has 0 fully saturated rings. The Balaban J connectivity index is 1.45. The van der Waals surface area contributed by atoms with Crippen LogP contribution in [0.1, 0.15) is 50.9 Å². The van der Waals surface area contributed by atoms with Crippen molar-refractivity contribution in [2.75, 3.05) is 44.2 Å². The summed E-state index contributed by atoms with van der Waals surface area (Å²) in [5.74, 6) is -3.11. The van der Waals surface area contributed by atoms with Gasteiger partial charge in [-0.3, -0.25) is 28.9 Å².